The fourth-order valence-electron chi connectivity index (χ4n) is 1.85. The molecular weight excluding hydrogens is 186 g/mol. The van der Waals surface area contributed by atoms with Crippen LogP contribution in [0.25, 0.3) is 0 Å². The molecule has 0 radical (unpaired) electrons. The number of hydrogen-bond acceptors (Lipinski definition) is 2. The highest BCUT2D eigenvalue weighted by atomic mass is 16.1. The van der Waals surface area contributed by atoms with Crippen LogP contribution in [0.3, 0.4) is 0 Å². The van der Waals surface area contributed by atoms with Crippen LogP contribution in [0.2, 0.25) is 0 Å². The minimum atomic E-state index is -0.349. The van der Waals surface area contributed by atoms with Crippen LogP contribution >= 0.6 is 0 Å². The van der Waals surface area contributed by atoms with Gasteiger partial charge in [0.1, 0.15) is 0 Å². The zero-order chi connectivity index (χ0) is 11.9. The van der Waals surface area contributed by atoms with Crippen molar-refractivity contribution in [2.24, 2.45) is 0 Å². The molecule has 0 spiro atoms. The lowest BCUT2D eigenvalue weighted by Crippen LogP contribution is -2.49. The van der Waals surface area contributed by atoms with Gasteiger partial charge in [-0.25, -0.2) is 0 Å². The first-order chi connectivity index (χ1) is 7.00. The van der Waals surface area contributed by atoms with Gasteiger partial charge in [0.2, 0.25) is 0 Å². The molecule has 0 N–H and O–H groups in total. The lowest BCUT2D eigenvalue weighted by atomic mass is 9.93. The van der Waals surface area contributed by atoms with E-state index in [0.717, 1.165) is 19.5 Å². The molecule has 0 aromatic heterocycles. The molecule has 0 saturated heterocycles. The number of unbranched alkanes of at least 4 members (excludes halogenated alkanes) is 1. The summed E-state index contributed by atoms with van der Waals surface area (Å²) in [5.41, 5.74) is -0.349. The lowest BCUT2D eigenvalue weighted by molar-refractivity contribution is -0.129. The lowest BCUT2D eigenvalue weighted by Gasteiger charge is -2.35. The Labute approximate surface area is 94.0 Å². The molecule has 2 heteroatoms. The van der Waals surface area contributed by atoms with Crippen LogP contribution in [0.1, 0.15) is 47.0 Å². The highest BCUT2D eigenvalue weighted by Gasteiger charge is 2.31. The SMILES string of the molecule is C#CCCCC(=O)C(C)(C)N(CC)CC. The van der Waals surface area contributed by atoms with Crippen molar-refractivity contribution in [1.82, 2.24) is 4.90 Å². The Morgan fingerprint density at radius 1 is 1.33 bits per heavy atom. The molecule has 0 saturated carbocycles. The van der Waals surface area contributed by atoms with Crippen LogP contribution < -0.4 is 0 Å². The summed E-state index contributed by atoms with van der Waals surface area (Å²) in [5, 5.41) is 0. The number of carbonyl (C=O) groups excluding carboxylic acids is 1. The number of ketones is 1. The Morgan fingerprint density at radius 3 is 2.27 bits per heavy atom. The Balaban J connectivity index is 4.31. The summed E-state index contributed by atoms with van der Waals surface area (Å²) in [6, 6.07) is 0. The van der Waals surface area contributed by atoms with Crippen LogP contribution in [0, 0.1) is 12.3 Å². The van der Waals surface area contributed by atoms with Crippen molar-refractivity contribution in [3.63, 3.8) is 0 Å². The van der Waals surface area contributed by atoms with Gasteiger partial charge in [0.25, 0.3) is 0 Å². The first kappa shape index (κ1) is 14.2. The summed E-state index contributed by atoms with van der Waals surface area (Å²) in [5.74, 6) is 2.86. The first-order valence-electron chi connectivity index (χ1n) is 5.72. The minimum absolute atomic E-state index is 0.293. The molecule has 0 aromatic carbocycles. The van der Waals surface area contributed by atoms with E-state index < -0.39 is 0 Å². The van der Waals surface area contributed by atoms with E-state index in [1.165, 1.54) is 0 Å². The van der Waals surface area contributed by atoms with E-state index in [1.54, 1.807) is 0 Å². The van der Waals surface area contributed by atoms with Crippen molar-refractivity contribution in [3.8, 4) is 12.3 Å². The van der Waals surface area contributed by atoms with E-state index in [4.69, 9.17) is 6.42 Å². The highest BCUT2D eigenvalue weighted by Crippen LogP contribution is 2.18. The molecule has 0 amide bonds. The average molecular weight is 209 g/mol. The van der Waals surface area contributed by atoms with E-state index in [0.29, 0.717) is 18.6 Å². The molecular formula is C13H23NO. The topological polar surface area (TPSA) is 20.3 Å². The van der Waals surface area contributed by atoms with Crippen LogP contribution in [-0.2, 0) is 4.79 Å². The molecule has 0 heterocycles. The largest absolute Gasteiger partial charge is 0.298 e. The molecule has 0 aliphatic heterocycles. The standard InChI is InChI=1S/C13H23NO/c1-6-9-10-11-12(15)13(4,5)14(7-2)8-3/h1H,7-11H2,2-5H3. The van der Waals surface area contributed by atoms with Gasteiger partial charge in [-0.1, -0.05) is 13.8 Å². The van der Waals surface area contributed by atoms with Gasteiger partial charge >= 0.3 is 0 Å². The number of terminal acetylenes is 1. The fraction of sp³-hybridized carbons (Fsp3) is 0.769. The van der Waals surface area contributed by atoms with Crippen molar-refractivity contribution < 1.29 is 4.79 Å². The maximum absolute atomic E-state index is 12.0. The van der Waals surface area contributed by atoms with E-state index in [2.05, 4.69) is 24.7 Å². The molecule has 0 atom stereocenters. The van der Waals surface area contributed by atoms with Crippen molar-refractivity contribution in [1.29, 1.82) is 0 Å². The van der Waals surface area contributed by atoms with Crippen molar-refractivity contribution in [2.75, 3.05) is 13.1 Å². The number of carbonyl (C=O) groups is 1. The third-order valence-electron chi connectivity index (χ3n) is 2.96. The summed E-state index contributed by atoms with van der Waals surface area (Å²) >= 11 is 0. The Kier molecular flexibility index (Phi) is 6.27. The summed E-state index contributed by atoms with van der Waals surface area (Å²) < 4.78 is 0. The molecule has 86 valence electrons. The van der Waals surface area contributed by atoms with Gasteiger partial charge in [-0.15, -0.1) is 12.3 Å². The van der Waals surface area contributed by atoms with Crippen molar-refractivity contribution >= 4 is 5.78 Å². The third-order valence-corrected chi connectivity index (χ3v) is 2.96. The monoisotopic (exact) mass is 209 g/mol. The summed E-state index contributed by atoms with van der Waals surface area (Å²) in [6.07, 6.45) is 7.26. The van der Waals surface area contributed by atoms with Gasteiger partial charge in [-0.3, -0.25) is 9.69 Å². The number of nitrogens with zero attached hydrogens (tertiary/aromatic N) is 1. The molecule has 0 aliphatic carbocycles. The van der Waals surface area contributed by atoms with Crippen LogP contribution in [-0.4, -0.2) is 29.3 Å². The fourth-order valence-corrected chi connectivity index (χ4v) is 1.85. The van der Waals surface area contributed by atoms with Gasteiger partial charge < -0.3 is 0 Å². The van der Waals surface area contributed by atoms with Gasteiger partial charge in [0, 0.05) is 12.8 Å². The zero-order valence-electron chi connectivity index (χ0n) is 10.5. The van der Waals surface area contributed by atoms with Gasteiger partial charge in [-0.2, -0.15) is 0 Å². The predicted molar refractivity (Wildman–Crippen MR) is 64.7 cm³/mol. The Morgan fingerprint density at radius 2 is 1.87 bits per heavy atom. The average Bonchev–Trinajstić information content (AvgIpc) is 2.19. The molecule has 0 aromatic rings. The molecule has 15 heavy (non-hydrogen) atoms. The van der Waals surface area contributed by atoms with Gasteiger partial charge in [0.15, 0.2) is 5.78 Å². The van der Waals surface area contributed by atoms with E-state index in [-0.39, 0.29) is 5.54 Å². The van der Waals surface area contributed by atoms with Crippen LogP contribution in [0.5, 0.6) is 0 Å². The highest BCUT2D eigenvalue weighted by molar-refractivity contribution is 5.87. The van der Waals surface area contributed by atoms with Crippen molar-refractivity contribution in [3.05, 3.63) is 0 Å². The maximum atomic E-state index is 12.0. The second kappa shape index (κ2) is 6.63. The van der Waals surface area contributed by atoms with Gasteiger partial charge in [-0.05, 0) is 33.4 Å². The zero-order valence-corrected chi connectivity index (χ0v) is 10.5. The first-order valence-corrected chi connectivity index (χ1v) is 5.72. The maximum Gasteiger partial charge on any atom is 0.152 e. The summed E-state index contributed by atoms with van der Waals surface area (Å²) in [4.78, 5) is 14.2. The second-order valence-electron chi connectivity index (χ2n) is 4.21. The number of hydrogen-bond donors (Lipinski definition) is 0. The molecule has 0 aliphatic rings. The molecule has 2 nitrogen and oxygen atoms in total. The molecule has 0 bridgehead atoms. The summed E-state index contributed by atoms with van der Waals surface area (Å²) in [6.45, 7) is 9.98. The molecule has 0 rings (SSSR count). The molecule has 0 fully saturated rings. The van der Waals surface area contributed by atoms with E-state index >= 15 is 0 Å². The van der Waals surface area contributed by atoms with Crippen LogP contribution in [0.4, 0.5) is 0 Å². The number of likely N-dealkylation sites (N-methyl/N-ethyl adjacent to an activating group) is 1. The van der Waals surface area contributed by atoms with Gasteiger partial charge in [0.05, 0.1) is 5.54 Å². The van der Waals surface area contributed by atoms with E-state index in [9.17, 15) is 4.79 Å². The predicted octanol–water partition coefficient (Wildman–Crippen LogP) is 2.48. The smallest absolute Gasteiger partial charge is 0.152 e. The molecule has 0 unspecified atom stereocenters. The number of Topliss-reactive ketones (excluding diaryl/α,β-unsaturated/α-hetero) is 1. The normalized spacial score (nSPS) is 11.5. The third kappa shape index (κ3) is 4.05. The van der Waals surface area contributed by atoms with Crippen molar-refractivity contribution in [2.45, 2.75) is 52.5 Å². The Bertz CT molecular complexity index is 233. The number of rotatable bonds is 7. The van der Waals surface area contributed by atoms with Crippen LogP contribution in [0.15, 0.2) is 0 Å². The Hall–Kier alpha value is -0.810. The summed E-state index contributed by atoms with van der Waals surface area (Å²) in [7, 11) is 0. The van der Waals surface area contributed by atoms with E-state index in [1.807, 2.05) is 13.8 Å². The quantitative estimate of drug-likeness (QED) is 0.474. The second-order valence-corrected chi connectivity index (χ2v) is 4.21. The minimum Gasteiger partial charge on any atom is -0.298 e.